The minimum Gasteiger partial charge on any atom is -0.481 e. The highest BCUT2D eigenvalue weighted by atomic mass is 32.1. The lowest BCUT2D eigenvalue weighted by molar-refractivity contribution is -0.146. The summed E-state index contributed by atoms with van der Waals surface area (Å²) in [6, 6.07) is 0. The number of nitrogens with one attached hydrogen (secondary N) is 1. The van der Waals surface area contributed by atoms with Crippen LogP contribution >= 0.6 is 11.3 Å². The van der Waals surface area contributed by atoms with Crippen molar-refractivity contribution in [3.63, 3.8) is 0 Å². The summed E-state index contributed by atoms with van der Waals surface area (Å²) in [7, 11) is 0. The van der Waals surface area contributed by atoms with Crippen LogP contribution in [0.3, 0.4) is 0 Å². The second kappa shape index (κ2) is 7.02. The molecule has 1 aromatic rings. The van der Waals surface area contributed by atoms with E-state index < -0.39 is 11.9 Å². The van der Waals surface area contributed by atoms with Gasteiger partial charge in [0.05, 0.1) is 16.8 Å². The van der Waals surface area contributed by atoms with Gasteiger partial charge in [-0.1, -0.05) is 13.3 Å². The van der Waals surface area contributed by atoms with Crippen molar-refractivity contribution in [1.82, 2.24) is 10.3 Å². The third-order valence-electron chi connectivity index (χ3n) is 4.20. The van der Waals surface area contributed by atoms with Crippen LogP contribution < -0.4 is 5.32 Å². The Morgan fingerprint density at radius 2 is 2.14 bits per heavy atom. The predicted molar refractivity (Wildman–Crippen MR) is 81.2 cm³/mol. The first-order chi connectivity index (χ1) is 10.0. The standard InChI is InChI=1S/C15H22N2O3S/c1-3-10-6-11(12(7-10)15(19)20)14(18)16-5-4-13-17-9(2)8-21-13/h8,10-12H,3-7H2,1-2H3,(H,16,18)(H,19,20). The first-order valence-corrected chi connectivity index (χ1v) is 8.30. The van der Waals surface area contributed by atoms with E-state index in [-0.39, 0.29) is 11.8 Å². The zero-order valence-corrected chi connectivity index (χ0v) is 13.3. The third kappa shape index (κ3) is 4.03. The number of carboxylic acids is 1. The molecule has 3 atom stereocenters. The van der Waals surface area contributed by atoms with E-state index in [0.29, 0.717) is 31.7 Å². The number of carbonyl (C=O) groups excluding carboxylic acids is 1. The molecule has 0 radical (unpaired) electrons. The van der Waals surface area contributed by atoms with E-state index >= 15 is 0 Å². The smallest absolute Gasteiger partial charge is 0.307 e. The highest BCUT2D eigenvalue weighted by Gasteiger charge is 2.41. The molecule has 0 saturated heterocycles. The number of nitrogens with zero attached hydrogens (tertiary/aromatic N) is 1. The van der Waals surface area contributed by atoms with Gasteiger partial charge in [-0.05, 0) is 25.7 Å². The molecule has 5 nitrogen and oxygen atoms in total. The van der Waals surface area contributed by atoms with Gasteiger partial charge < -0.3 is 10.4 Å². The molecule has 1 heterocycles. The number of rotatable bonds is 6. The summed E-state index contributed by atoms with van der Waals surface area (Å²) in [4.78, 5) is 27.9. The van der Waals surface area contributed by atoms with Crippen LogP contribution in [-0.4, -0.2) is 28.5 Å². The number of amides is 1. The van der Waals surface area contributed by atoms with Gasteiger partial charge in [0.1, 0.15) is 0 Å². The van der Waals surface area contributed by atoms with Crippen LogP contribution in [0.15, 0.2) is 5.38 Å². The summed E-state index contributed by atoms with van der Waals surface area (Å²) in [5.74, 6) is -1.53. The fourth-order valence-corrected chi connectivity index (χ4v) is 3.76. The van der Waals surface area contributed by atoms with E-state index in [1.54, 1.807) is 11.3 Å². The number of thiazole rings is 1. The maximum atomic E-state index is 12.2. The van der Waals surface area contributed by atoms with Gasteiger partial charge in [-0.2, -0.15) is 0 Å². The largest absolute Gasteiger partial charge is 0.481 e. The Bertz CT molecular complexity index is 515. The van der Waals surface area contributed by atoms with E-state index in [1.807, 2.05) is 12.3 Å². The van der Waals surface area contributed by atoms with Crippen molar-refractivity contribution in [1.29, 1.82) is 0 Å². The summed E-state index contributed by atoms with van der Waals surface area (Å²) in [6.07, 6.45) is 2.95. The number of hydrogen-bond donors (Lipinski definition) is 2. The maximum Gasteiger partial charge on any atom is 0.307 e. The second-order valence-electron chi connectivity index (χ2n) is 5.72. The lowest BCUT2D eigenvalue weighted by atomic mass is 9.95. The third-order valence-corrected chi connectivity index (χ3v) is 5.22. The van der Waals surface area contributed by atoms with Crippen molar-refractivity contribution < 1.29 is 14.7 Å². The average Bonchev–Trinajstić information content (AvgIpc) is 3.04. The molecule has 6 heteroatoms. The van der Waals surface area contributed by atoms with Crippen molar-refractivity contribution in [2.24, 2.45) is 17.8 Å². The molecule has 3 unspecified atom stereocenters. The van der Waals surface area contributed by atoms with Crippen LogP contribution in [0, 0.1) is 24.7 Å². The molecule has 1 amide bonds. The Kier molecular flexibility index (Phi) is 5.33. The minimum atomic E-state index is -0.846. The minimum absolute atomic E-state index is 0.119. The molecule has 1 saturated carbocycles. The number of aromatic nitrogens is 1. The Morgan fingerprint density at radius 3 is 2.71 bits per heavy atom. The average molecular weight is 310 g/mol. The zero-order valence-electron chi connectivity index (χ0n) is 12.5. The number of carboxylic acid groups (broad SMARTS) is 1. The zero-order chi connectivity index (χ0) is 15.4. The van der Waals surface area contributed by atoms with Gasteiger partial charge in [0, 0.05) is 24.0 Å². The van der Waals surface area contributed by atoms with Crippen molar-refractivity contribution in [2.45, 2.75) is 39.5 Å². The Morgan fingerprint density at radius 1 is 1.43 bits per heavy atom. The molecule has 0 aliphatic heterocycles. The molecule has 2 rings (SSSR count). The van der Waals surface area contributed by atoms with Crippen LogP contribution in [0.5, 0.6) is 0 Å². The van der Waals surface area contributed by atoms with Crippen molar-refractivity contribution in [3.8, 4) is 0 Å². The maximum absolute atomic E-state index is 12.2. The molecule has 1 fully saturated rings. The molecule has 0 bridgehead atoms. The molecule has 0 aromatic carbocycles. The molecule has 0 spiro atoms. The van der Waals surface area contributed by atoms with Gasteiger partial charge in [-0.3, -0.25) is 9.59 Å². The molecular formula is C15H22N2O3S. The normalized spacial score (nSPS) is 25.0. The molecule has 116 valence electrons. The number of carbonyl (C=O) groups is 2. The van der Waals surface area contributed by atoms with Gasteiger partial charge >= 0.3 is 5.97 Å². The van der Waals surface area contributed by atoms with Crippen LogP contribution in [0.1, 0.15) is 36.9 Å². The van der Waals surface area contributed by atoms with Crippen molar-refractivity contribution in [3.05, 3.63) is 16.1 Å². The lowest BCUT2D eigenvalue weighted by Crippen LogP contribution is -2.36. The van der Waals surface area contributed by atoms with E-state index in [9.17, 15) is 14.7 Å². The van der Waals surface area contributed by atoms with Crippen LogP contribution in [0.25, 0.3) is 0 Å². The number of hydrogen-bond acceptors (Lipinski definition) is 4. The summed E-state index contributed by atoms with van der Waals surface area (Å²) in [5, 5.41) is 15.1. The van der Waals surface area contributed by atoms with Gasteiger partial charge in [-0.25, -0.2) is 4.98 Å². The van der Waals surface area contributed by atoms with E-state index in [2.05, 4.69) is 17.2 Å². The first-order valence-electron chi connectivity index (χ1n) is 7.42. The van der Waals surface area contributed by atoms with Gasteiger partial charge in [0.2, 0.25) is 5.91 Å². The molecular weight excluding hydrogens is 288 g/mol. The lowest BCUT2D eigenvalue weighted by Gasteiger charge is -2.15. The Labute approximate surface area is 128 Å². The van der Waals surface area contributed by atoms with Crippen LogP contribution in [0.4, 0.5) is 0 Å². The van der Waals surface area contributed by atoms with Gasteiger partial charge in [-0.15, -0.1) is 11.3 Å². The Balaban J connectivity index is 1.85. The van der Waals surface area contributed by atoms with Crippen molar-refractivity contribution >= 4 is 23.2 Å². The predicted octanol–water partition coefficient (Wildman–Crippen LogP) is 2.25. The van der Waals surface area contributed by atoms with Gasteiger partial charge in [0.25, 0.3) is 0 Å². The summed E-state index contributed by atoms with van der Waals surface area (Å²) >= 11 is 1.59. The molecule has 21 heavy (non-hydrogen) atoms. The number of aliphatic carboxylic acids is 1. The molecule has 2 N–H and O–H groups in total. The topological polar surface area (TPSA) is 79.3 Å². The molecule has 1 aliphatic carbocycles. The monoisotopic (exact) mass is 310 g/mol. The SMILES string of the molecule is CCC1CC(C(=O)O)C(C(=O)NCCc2nc(C)cs2)C1. The quantitative estimate of drug-likeness (QED) is 0.844. The second-order valence-corrected chi connectivity index (χ2v) is 6.66. The molecule has 1 aliphatic rings. The van der Waals surface area contributed by atoms with Crippen molar-refractivity contribution in [2.75, 3.05) is 6.54 Å². The first kappa shape index (κ1) is 15.9. The highest BCUT2D eigenvalue weighted by molar-refractivity contribution is 7.09. The van der Waals surface area contributed by atoms with E-state index in [4.69, 9.17) is 0 Å². The number of aryl methyl sites for hydroxylation is 1. The van der Waals surface area contributed by atoms with E-state index in [1.165, 1.54) is 0 Å². The van der Waals surface area contributed by atoms with Gasteiger partial charge in [0.15, 0.2) is 0 Å². The van der Waals surface area contributed by atoms with Crippen LogP contribution in [-0.2, 0) is 16.0 Å². The fourth-order valence-electron chi connectivity index (χ4n) is 2.98. The summed E-state index contributed by atoms with van der Waals surface area (Å²) in [5.41, 5.74) is 0.994. The molecule has 1 aromatic heterocycles. The summed E-state index contributed by atoms with van der Waals surface area (Å²) < 4.78 is 0. The van der Waals surface area contributed by atoms with Crippen LogP contribution in [0.2, 0.25) is 0 Å². The van der Waals surface area contributed by atoms with E-state index in [0.717, 1.165) is 17.1 Å². The summed E-state index contributed by atoms with van der Waals surface area (Å²) in [6.45, 7) is 4.51. The fraction of sp³-hybridized carbons (Fsp3) is 0.667. The highest BCUT2D eigenvalue weighted by Crippen LogP contribution is 2.38. The Hall–Kier alpha value is -1.43.